The van der Waals surface area contributed by atoms with Crippen LogP contribution >= 0.6 is 0 Å². The highest BCUT2D eigenvalue weighted by Crippen LogP contribution is 2.63. The van der Waals surface area contributed by atoms with Crippen LogP contribution in [0.25, 0.3) is 0 Å². The summed E-state index contributed by atoms with van der Waals surface area (Å²) in [4.78, 5) is 38.9. The van der Waals surface area contributed by atoms with Crippen LogP contribution < -0.4 is 10.7 Å². The van der Waals surface area contributed by atoms with Gasteiger partial charge in [0.25, 0.3) is 5.91 Å². The van der Waals surface area contributed by atoms with E-state index < -0.39 is 17.8 Å². The van der Waals surface area contributed by atoms with Gasteiger partial charge in [0.1, 0.15) is 0 Å². The van der Waals surface area contributed by atoms with E-state index >= 15 is 0 Å². The zero-order chi connectivity index (χ0) is 23.6. The molecule has 1 heterocycles. The molecule has 2 N–H and O–H groups in total. The molecule has 3 aliphatic rings. The highest BCUT2D eigenvalue weighted by Gasteiger charge is 2.60. The number of amides is 3. The molecule has 178 valence electrons. The molecule has 2 aliphatic carbocycles. The Morgan fingerprint density at radius 1 is 1.15 bits per heavy atom. The molecule has 3 unspecified atom stereocenters. The zero-order valence-electron chi connectivity index (χ0n) is 19.7. The fourth-order valence-electron chi connectivity index (χ4n) is 5.59. The minimum atomic E-state index is -0.456. The number of nitrogens with one attached hydrogen (secondary N) is 2. The summed E-state index contributed by atoms with van der Waals surface area (Å²) in [7, 11) is 0. The number of rotatable bonds is 5. The minimum Gasteiger partial charge on any atom is -0.455 e. The Labute approximate surface area is 195 Å². The van der Waals surface area contributed by atoms with Gasteiger partial charge < -0.3 is 15.0 Å². The monoisotopic (exact) mass is 454 g/mol. The number of nitrogens with zero attached hydrogens (tertiary/aromatic N) is 2. The second kappa shape index (κ2) is 9.15. The van der Waals surface area contributed by atoms with E-state index in [0.29, 0.717) is 31.0 Å². The van der Waals surface area contributed by atoms with E-state index in [1.165, 1.54) is 6.42 Å². The molecule has 8 heteroatoms. The number of carbonyl (C=O) groups excluding carboxylic acids is 3. The maximum Gasteiger partial charge on any atom is 0.321 e. The number of anilines is 1. The number of carbonyl (C=O) groups is 3. The van der Waals surface area contributed by atoms with Gasteiger partial charge in [-0.2, -0.15) is 5.10 Å². The van der Waals surface area contributed by atoms with Gasteiger partial charge in [0, 0.05) is 29.9 Å². The van der Waals surface area contributed by atoms with Gasteiger partial charge in [-0.15, -0.1) is 0 Å². The third-order valence-corrected chi connectivity index (χ3v) is 8.24. The van der Waals surface area contributed by atoms with Crippen LogP contribution in [0.3, 0.4) is 0 Å². The number of hydrogen-bond donors (Lipinski definition) is 2. The van der Waals surface area contributed by atoms with Crippen molar-refractivity contribution in [3.05, 3.63) is 30.3 Å². The first-order valence-electron chi connectivity index (χ1n) is 11.8. The van der Waals surface area contributed by atoms with E-state index in [2.05, 4.69) is 36.6 Å². The van der Waals surface area contributed by atoms with Gasteiger partial charge in [0.05, 0.1) is 5.92 Å². The molecule has 1 aromatic rings. The third-order valence-electron chi connectivity index (χ3n) is 8.24. The number of urea groups is 1. The Hall–Kier alpha value is -2.90. The molecule has 3 atom stereocenters. The summed E-state index contributed by atoms with van der Waals surface area (Å²) in [6, 6.07) is 8.96. The molecule has 3 fully saturated rings. The number of likely N-dealkylation sites (tertiary alicyclic amines) is 1. The first-order chi connectivity index (χ1) is 15.7. The number of fused-ring (bicyclic) bond motifs is 2. The fourth-order valence-corrected chi connectivity index (χ4v) is 5.59. The number of hydrogen-bond acceptors (Lipinski definition) is 5. The highest BCUT2D eigenvalue weighted by atomic mass is 16.5. The molecule has 0 spiro atoms. The molecule has 2 saturated carbocycles. The lowest BCUT2D eigenvalue weighted by molar-refractivity contribution is -0.153. The maximum atomic E-state index is 12.5. The molecule has 33 heavy (non-hydrogen) atoms. The number of ether oxygens (including phenoxy) is 1. The quantitative estimate of drug-likeness (QED) is 0.522. The Morgan fingerprint density at radius 2 is 1.91 bits per heavy atom. The smallest absolute Gasteiger partial charge is 0.321 e. The lowest BCUT2D eigenvalue weighted by atomic mass is 9.70. The normalized spacial score (nSPS) is 29.1. The topological polar surface area (TPSA) is 100 Å². The van der Waals surface area contributed by atoms with Crippen molar-refractivity contribution in [1.82, 2.24) is 10.3 Å². The average molecular weight is 455 g/mol. The molecular formula is C25H34N4O4. The van der Waals surface area contributed by atoms with Crippen molar-refractivity contribution in [2.45, 2.75) is 52.9 Å². The summed E-state index contributed by atoms with van der Waals surface area (Å²) in [5.41, 5.74) is 4.52. The first kappa shape index (κ1) is 23.3. The molecular weight excluding hydrogens is 420 g/mol. The number of benzene rings is 1. The number of para-hydroxylation sites is 1. The summed E-state index contributed by atoms with van der Waals surface area (Å²) in [5, 5.41) is 7.24. The second-order valence-corrected chi connectivity index (χ2v) is 10.3. The largest absolute Gasteiger partial charge is 0.455 e. The van der Waals surface area contributed by atoms with Gasteiger partial charge in [0.2, 0.25) is 0 Å². The van der Waals surface area contributed by atoms with Gasteiger partial charge in [-0.3, -0.25) is 9.59 Å². The van der Waals surface area contributed by atoms with Gasteiger partial charge in [-0.05, 0) is 55.6 Å². The van der Waals surface area contributed by atoms with Crippen LogP contribution in [-0.4, -0.2) is 48.2 Å². The molecule has 2 bridgehead atoms. The highest BCUT2D eigenvalue weighted by molar-refractivity contribution is 5.95. The first-order valence-corrected chi connectivity index (χ1v) is 11.8. The minimum absolute atomic E-state index is 0.00744. The van der Waals surface area contributed by atoms with Gasteiger partial charge in [-0.1, -0.05) is 39.0 Å². The van der Waals surface area contributed by atoms with Crippen LogP contribution in [0.4, 0.5) is 10.5 Å². The fraction of sp³-hybridized carbons (Fsp3) is 0.600. The van der Waals surface area contributed by atoms with E-state index in [1.54, 1.807) is 4.90 Å². The SMILES string of the molecule is CC12CCC(C/C1=N/NC(=O)COC(=O)C1CCCN(C(=O)Nc3ccccc3)C1)C2(C)C. The summed E-state index contributed by atoms with van der Waals surface area (Å²) >= 11 is 0. The second-order valence-electron chi connectivity index (χ2n) is 10.3. The summed E-state index contributed by atoms with van der Waals surface area (Å²) in [5.74, 6) is -0.730. The number of esters is 1. The van der Waals surface area contributed by atoms with Crippen LogP contribution in [0, 0.1) is 22.7 Å². The van der Waals surface area contributed by atoms with E-state index in [-0.39, 0.29) is 30.0 Å². The van der Waals surface area contributed by atoms with Crippen molar-refractivity contribution in [3.63, 3.8) is 0 Å². The predicted molar refractivity (Wildman–Crippen MR) is 126 cm³/mol. The third kappa shape index (κ3) is 4.61. The van der Waals surface area contributed by atoms with Crippen molar-refractivity contribution in [3.8, 4) is 0 Å². The van der Waals surface area contributed by atoms with E-state index in [4.69, 9.17) is 4.74 Å². The molecule has 1 aliphatic heterocycles. The molecule has 0 radical (unpaired) electrons. The number of piperidine rings is 1. The van der Waals surface area contributed by atoms with Crippen molar-refractivity contribution >= 4 is 29.3 Å². The predicted octanol–water partition coefficient (Wildman–Crippen LogP) is 3.79. The zero-order valence-corrected chi connectivity index (χ0v) is 19.7. The van der Waals surface area contributed by atoms with Crippen LogP contribution in [-0.2, 0) is 14.3 Å². The van der Waals surface area contributed by atoms with Gasteiger partial charge in [0.15, 0.2) is 6.61 Å². The summed E-state index contributed by atoms with van der Waals surface area (Å²) in [6.07, 6.45) is 4.54. The van der Waals surface area contributed by atoms with Crippen molar-refractivity contribution in [2.75, 3.05) is 25.0 Å². The van der Waals surface area contributed by atoms with Crippen LogP contribution in [0.1, 0.15) is 52.9 Å². The Bertz CT molecular complexity index is 945. The number of hydrazone groups is 1. The van der Waals surface area contributed by atoms with Crippen molar-refractivity contribution in [2.24, 2.45) is 27.8 Å². The molecule has 3 amide bonds. The van der Waals surface area contributed by atoms with Crippen LogP contribution in [0.15, 0.2) is 35.4 Å². The Morgan fingerprint density at radius 3 is 2.58 bits per heavy atom. The van der Waals surface area contributed by atoms with Crippen molar-refractivity contribution in [1.29, 1.82) is 0 Å². The van der Waals surface area contributed by atoms with E-state index in [1.807, 2.05) is 30.3 Å². The standard InChI is InChI=1S/C25H34N4O4/c1-24(2)18-11-12-25(24,3)20(14-18)27-28-21(30)16-33-22(31)17-8-7-13-29(15-17)23(32)26-19-9-5-4-6-10-19/h4-6,9-10,17-18H,7-8,11-16H2,1-3H3,(H,26,32)(H,28,30)/b27-20-. The lowest BCUT2D eigenvalue weighted by Gasteiger charge is -2.34. The van der Waals surface area contributed by atoms with E-state index in [0.717, 1.165) is 18.6 Å². The molecule has 1 aromatic carbocycles. The maximum absolute atomic E-state index is 12.5. The van der Waals surface area contributed by atoms with Crippen molar-refractivity contribution < 1.29 is 19.1 Å². The summed E-state index contributed by atoms with van der Waals surface area (Å²) < 4.78 is 5.25. The van der Waals surface area contributed by atoms with Crippen LogP contribution in [0.5, 0.6) is 0 Å². The van der Waals surface area contributed by atoms with Gasteiger partial charge >= 0.3 is 12.0 Å². The Balaban J connectivity index is 1.24. The average Bonchev–Trinajstić information content (AvgIpc) is 3.15. The molecule has 8 nitrogen and oxygen atoms in total. The lowest BCUT2D eigenvalue weighted by Crippen LogP contribution is -2.45. The van der Waals surface area contributed by atoms with E-state index in [9.17, 15) is 14.4 Å². The van der Waals surface area contributed by atoms with Gasteiger partial charge in [-0.25, -0.2) is 10.2 Å². The van der Waals surface area contributed by atoms with Crippen LogP contribution in [0.2, 0.25) is 0 Å². The molecule has 0 aromatic heterocycles. The summed E-state index contributed by atoms with van der Waals surface area (Å²) in [6.45, 7) is 7.28. The Kier molecular flexibility index (Phi) is 6.45. The molecule has 1 saturated heterocycles. The molecule has 4 rings (SSSR count).